The standard InChI is InChI=1S/C17H22O6/c1-6-21-15(18)12-7-13(16(19)22-10(2)3)9-14(8-12)17(20)23-11(4)5/h7-11H,6H2,1-5H3. The Morgan fingerprint density at radius 3 is 1.43 bits per heavy atom. The molecule has 0 spiro atoms. The van der Waals surface area contributed by atoms with Gasteiger partial charge in [0.1, 0.15) is 0 Å². The van der Waals surface area contributed by atoms with E-state index in [-0.39, 0.29) is 35.5 Å². The van der Waals surface area contributed by atoms with Crippen molar-refractivity contribution in [1.29, 1.82) is 0 Å². The zero-order valence-corrected chi connectivity index (χ0v) is 14.0. The van der Waals surface area contributed by atoms with E-state index < -0.39 is 17.9 Å². The molecule has 0 unspecified atom stereocenters. The largest absolute Gasteiger partial charge is 0.462 e. The van der Waals surface area contributed by atoms with Crippen molar-refractivity contribution in [2.45, 2.75) is 46.8 Å². The van der Waals surface area contributed by atoms with Gasteiger partial charge in [0.2, 0.25) is 0 Å². The van der Waals surface area contributed by atoms with Crippen LogP contribution in [0.1, 0.15) is 65.7 Å². The summed E-state index contributed by atoms with van der Waals surface area (Å²) in [6.07, 6.45) is -0.639. The molecule has 0 aliphatic heterocycles. The SMILES string of the molecule is CCOC(=O)c1cc(C(=O)OC(C)C)cc(C(=O)OC(C)C)c1. The lowest BCUT2D eigenvalue weighted by Crippen LogP contribution is -2.17. The second-order valence-corrected chi connectivity index (χ2v) is 5.43. The highest BCUT2D eigenvalue weighted by Gasteiger charge is 2.19. The number of benzene rings is 1. The summed E-state index contributed by atoms with van der Waals surface area (Å²) in [5, 5.41) is 0. The third-order valence-electron chi connectivity index (χ3n) is 2.60. The van der Waals surface area contributed by atoms with Gasteiger partial charge in [0, 0.05) is 0 Å². The number of carbonyl (C=O) groups excluding carboxylic acids is 3. The molecule has 0 saturated heterocycles. The molecular formula is C17H22O6. The molecule has 23 heavy (non-hydrogen) atoms. The van der Waals surface area contributed by atoms with Gasteiger partial charge in [-0.05, 0) is 52.8 Å². The summed E-state index contributed by atoms with van der Waals surface area (Å²) < 4.78 is 15.1. The molecule has 6 nitrogen and oxygen atoms in total. The van der Waals surface area contributed by atoms with Gasteiger partial charge < -0.3 is 14.2 Å². The number of rotatable bonds is 6. The van der Waals surface area contributed by atoms with Gasteiger partial charge in [0.15, 0.2) is 0 Å². The van der Waals surface area contributed by atoms with Crippen molar-refractivity contribution in [2.75, 3.05) is 6.61 Å². The van der Waals surface area contributed by atoms with Crippen LogP contribution in [0.25, 0.3) is 0 Å². The lowest BCUT2D eigenvalue weighted by Gasteiger charge is -2.12. The van der Waals surface area contributed by atoms with E-state index >= 15 is 0 Å². The molecule has 1 aromatic rings. The first-order valence-corrected chi connectivity index (χ1v) is 7.48. The minimum Gasteiger partial charge on any atom is -0.462 e. The van der Waals surface area contributed by atoms with E-state index in [9.17, 15) is 14.4 Å². The van der Waals surface area contributed by atoms with Gasteiger partial charge in [0.05, 0.1) is 35.5 Å². The predicted molar refractivity (Wildman–Crippen MR) is 83.5 cm³/mol. The fourth-order valence-electron chi connectivity index (χ4n) is 1.76. The zero-order chi connectivity index (χ0) is 17.6. The molecule has 0 aromatic heterocycles. The molecule has 0 atom stereocenters. The lowest BCUT2D eigenvalue weighted by atomic mass is 10.1. The Morgan fingerprint density at radius 2 is 1.13 bits per heavy atom. The monoisotopic (exact) mass is 322 g/mol. The lowest BCUT2D eigenvalue weighted by molar-refractivity contribution is 0.0377. The van der Waals surface area contributed by atoms with E-state index in [1.165, 1.54) is 18.2 Å². The molecule has 0 saturated carbocycles. The third kappa shape index (κ3) is 5.73. The molecular weight excluding hydrogens is 300 g/mol. The summed E-state index contributed by atoms with van der Waals surface area (Å²) in [4.78, 5) is 36.0. The van der Waals surface area contributed by atoms with Crippen molar-refractivity contribution in [3.05, 3.63) is 34.9 Å². The van der Waals surface area contributed by atoms with E-state index in [2.05, 4.69) is 0 Å². The van der Waals surface area contributed by atoms with Gasteiger partial charge >= 0.3 is 17.9 Å². The minimum atomic E-state index is -0.621. The van der Waals surface area contributed by atoms with Crippen LogP contribution < -0.4 is 0 Å². The summed E-state index contributed by atoms with van der Waals surface area (Å²) in [7, 11) is 0. The maximum absolute atomic E-state index is 12.1. The van der Waals surface area contributed by atoms with E-state index in [4.69, 9.17) is 14.2 Å². The van der Waals surface area contributed by atoms with E-state index in [1.54, 1.807) is 34.6 Å². The highest BCUT2D eigenvalue weighted by Crippen LogP contribution is 2.15. The van der Waals surface area contributed by atoms with Crippen LogP contribution in [0.2, 0.25) is 0 Å². The number of esters is 3. The molecule has 1 aromatic carbocycles. The maximum atomic E-state index is 12.1. The Bertz CT molecular complexity index is 548. The van der Waals surface area contributed by atoms with Gasteiger partial charge in [-0.15, -0.1) is 0 Å². The smallest absolute Gasteiger partial charge is 0.338 e. The van der Waals surface area contributed by atoms with Gasteiger partial charge in [-0.1, -0.05) is 0 Å². The Hall–Kier alpha value is -2.37. The predicted octanol–water partition coefficient (Wildman–Crippen LogP) is 2.99. The van der Waals surface area contributed by atoms with Gasteiger partial charge in [-0.2, -0.15) is 0 Å². The van der Waals surface area contributed by atoms with Crippen LogP contribution in [-0.2, 0) is 14.2 Å². The van der Waals surface area contributed by atoms with Crippen molar-refractivity contribution in [3.8, 4) is 0 Å². The molecule has 0 aliphatic carbocycles. The van der Waals surface area contributed by atoms with Crippen LogP contribution in [0.4, 0.5) is 0 Å². The Labute approximate surface area is 135 Å². The first-order valence-electron chi connectivity index (χ1n) is 7.48. The second-order valence-electron chi connectivity index (χ2n) is 5.43. The summed E-state index contributed by atoms with van der Waals surface area (Å²) in [5.74, 6) is -1.86. The maximum Gasteiger partial charge on any atom is 0.338 e. The summed E-state index contributed by atoms with van der Waals surface area (Å²) >= 11 is 0. The average Bonchev–Trinajstić information content (AvgIpc) is 2.45. The third-order valence-corrected chi connectivity index (χ3v) is 2.60. The Morgan fingerprint density at radius 1 is 0.783 bits per heavy atom. The van der Waals surface area contributed by atoms with Crippen molar-refractivity contribution >= 4 is 17.9 Å². The van der Waals surface area contributed by atoms with E-state index in [0.717, 1.165) is 0 Å². The molecule has 0 fully saturated rings. The van der Waals surface area contributed by atoms with Crippen LogP contribution in [0.3, 0.4) is 0 Å². The van der Waals surface area contributed by atoms with Crippen molar-refractivity contribution < 1.29 is 28.6 Å². The summed E-state index contributed by atoms with van der Waals surface area (Å²) in [6, 6.07) is 4.03. The van der Waals surface area contributed by atoms with Crippen molar-refractivity contribution in [2.24, 2.45) is 0 Å². The fourth-order valence-corrected chi connectivity index (χ4v) is 1.76. The topological polar surface area (TPSA) is 78.9 Å². The highest BCUT2D eigenvalue weighted by molar-refractivity contribution is 6.00. The molecule has 0 radical (unpaired) electrons. The van der Waals surface area contributed by atoms with Crippen molar-refractivity contribution in [1.82, 2.24) is 0 Å². The minimum absolute atomic E-state index is 0.0972. The normalized spacial score (nSPS) is 10.6. The number of carbonyl (C=O) groups is 3. The van der Waals surface area contributed by atoms with Crippen molar-refractivity contribution in [3.63, 3.8) is 0 Å². The zero-order valence-electron chi connectivity index (χ0n) is 14.0. The molecule has 126 valence electrons. The van der Waals surface area contributed by atoms with Gasteiger partial charge in [-0.3, -0.25) is 0 Å². The Kier molecular flexibility index (Phi) is 6.75. The van der Waals surface area contributed by atoms with Gasteiger partial charge in [-0.25, -0.2) is 14.4 Å². The first kappa shape index (κ1) is 18.7. The molecule has 0 aliphatic rings. The van der Waals surface area contributed by atoms with Crippen LogP contribution in [0.5, 0.6) is 0 Å². The van der Waals surface area contributed by atoms with E-state index in [0.29, 0.717) is 0 Å². The number of ether oxygens (including phenoxy) is 3. The molecule has 0 heterocycles. The van der Waals surface area contributed by atoms with Crippen LogP contribution >= 0.6 is 0 Å². The quantitative estimate of drug-likeness (QED) is 0.592. The molecule has 0 bridgehead atoms. The second kappa shape index (κ2) is 8.31. The van der Waals surface area contributed by atoms with E-state index in [1.807, 2.05) is 0 Å². The number of hydrogen-bond donors (Lipinski definition) is 0. The molecule has 0 amide bonds. The number of hydrogen-bond acceptors (Lipinski definition) is 6. The molecule has 6 heteroatoms. The average molecular weight is 322 g/mol. The fraction of sp³-hybridized carbons (Fsp3) is 0.471. The highest BCUT2D eigenvalue weighted by atomic mass is 16.5. The molecule has 0 N–H and O–H groups in total. The van der Waals surface area contributed by atoms with Crippen LogP contribution in [0, 0.1) is 0 Å². The van der Waals surface area contributed by atoms with Gasteiger partial charge in [0.25, 0.3) is 0 Å². The molecule has 1 rings (SSSR count). The first-order chi connectivity index (χ1) is 10.7. The Balaban J connectivity index is 3.24. The van der Waals surface area contributed by atoms with Crippen LogP contribution in [-0.4, -0.2) is 36.7 Å². The summed E-state index contributed by atoms with van der Waals surface area (Å²) in [6.45, 7) is 8.69. The van der Waals surface area contributed by atoms with Crippen LogP contribution in [0.15, 0.2) is 18.2 Å². The summed E-state index contributed by atoms with van der Waals surface area (Å²) in [5.41, 5.74) is 0.292.